The van der Waals surface area contributed by atoms with Crippen molar-refractivity contribution in [3.05, 3.63) is 77.6 Å². The van der Waals surface area contributed by atoms with E-state index in [4.69, 9.17) is 0 Å². The number of carbonyl (C=O) groups excluding carboxylic acids is 1. The fourth-order valence-corrected chi connectivity index (χ4v) is 4.94. The zero-order chi connectivity index (χ0) is 25.4. The number of nitrogens with one attached hydrogen (secondary N) is 2. The second-order valence-corrected chi connectivity index (χ2v) is 10.3. The SMILES string of the molecule is CCC1(CC)CN(c2ccccc2NC(=O)Nc2ccc(C(C)(C)C)cc2)c2c1ccc(F)c2O. The molecule has 0 aromatic heterocycles. The van der Waals surface area contributed by atoms with Crippen LogP contribution in [0.25, 0.3) is 0 Å². The molecule has 3 N–H and O–H groups in total. The van der Waals surface area contributed by atoms with E-state index in [2.05, 4.69) is 45.3 Å². The second-order valence-electron chi connectivity index (χ2n) is 10.3. The zero-order valence-electron chi connectivity index (χ0n) is 21.1. The summed E-state index contributed by atoms with van der Waals surface area (Å²) in [6.45, 7) is 11.2. The summed E-state index contributed by atoms with van der Waals surface area (Å²) in [4.78, 5) is 14.8. The Balaban J connectivity index is 1.63. The molecular formula is C29H34FN3O2. The zero-order valence-corrected chi connectivity index (χ0v) is 21.1. The van der Waals surface area contributed by atoms with Crippen molar-refractivity contribution in [2.45, 2.75) is 58.3 Å². The summed E-state index contributed by atoms with van der Waals surface area (Å²) in [6.07, 6.45) is 1.69. The van der Waals surface area contributed by atoms with Gasteiger partial charge >= 0.3 is 6.03 Å². The lowest BCUT2D eigenvalue weighted by atomic mass is 9.77. The number of aromatic hydroxyl groups is 1. The van der Waals surface area contributed by atoms with E-state index in [1.807, 2.05) is 53.4 Å². The molecule has 0 fully saturated rings. The molecule has 0 saturated heterocycles. The van der Waals surface area contributed by atoms with Gasteiger partial charge in [-0.3, -0.25) is 0 Å². The van der Waals surface area contributed by atoms with E-state index in [9.17, 15) is 14.3 Å². The highest BCUT2D eigenvalue weighted by atomic mass is 19.1. The third kappa shape index (κ3) is 4.57. The maximum absolute atomic E-state index is 14.4. The highest BCUT2D eigenvalue weighted by molar-refractivity contribution is 6.02. The Morgan fingerprint density at radius 3 is 2.29 bits per heavy atom. The van der Waals surface area contributed by atoms with E-state index < -0.39 is 5.82 Å². The Hall–Kier alpha value is -3.54. The van der Waals surface area contributed by atoms with Crippen LogP contribution in [0.3, 0.4) is 0 Å². The summed E-state index contributed by atoms with van der Waals surface area (Å²) in [5, 5.41) is 16.5. The van der Waals surface area contributed by atoms with Gasteiger partial charge in [-0.05, 0) is 59.7 Å². The third-order valence-electron chi connectivity index (χ3n) is 7.21. The first-order valence-electron chi connectivity index (χ1n) is 12.2. The number of nitrogens with zero attached hydrogens (tertiary/aromatic N) is 1. The quantitative estimate of drug-likeness (QED) is 0.354. The van der Waals surface area contributed by atoms with Crippen LogP contribution in [0.2, 0.25) is 0 Å². The highest BCUT2D eigenvalue weighted by Crippen LogP contribution is 2.53. The molecule has 3 aromatic rings. The van der Waals surface area contributed by atoms with Gasteiger partial charge in [0.2, 0.25) is 0 Å². The van der Waals surface area contributed by atoms with Gasteiger partial charge in [0.05, 0.1) is 17.1 Å². The number of urea groups is 1. The largest absolute Gasteiger partial charge is 0.503 e. The summed E-state index contributed by atoms with van der Waals surface area (Å²) in [6, 6.07) is 17.9. The number of rotatable bonds is 5. The normalized spacial score (nSPS) is 14.5. The molecule has 0 atom stereocenters. The lowest BCUT2D eigenvalue weighted by Gasteiger charge is -2.29. The monoisotopic (exact) mass is 475 g/mol. The van der Waals surface area contributed by atoms with Crippen molar-refractivity contribution < 1.29 is 14.3 Å². The predicted molar refractivity (Wildman–Crippen MR) is 142 cm³/mol. The van der Waals surface area contributed by atoms with E-state index in [0.717, 1.165) is 18.4 Å². The van der Waals surface area contributed by atoms with Crippen LogP contribution in [0.4, 0.5) is 31.9 Å². The molecule has 1 aliphatic heterocycles. The molecule has 0 aliphatic carbocycles. The lowest BCUT2D eigenvalue weighted by molar-refractivity contribution is 0.262. The molecule has 4 rings (SSSR count). The first kappa shape index (κ1) is 24.6. The predicted octanol–water partition coefficient (Wildman–Crippen LogP) is 7.68. The summed E-state index contributed by atoms with van der Waals surface area (Å²) < 4.78 is 14.4. The fourth-order valence-electron chi connectivity index (χ4n) is 4.94. The smallest absolute Gasteiger partial charge is 0.323 e. The molecule has 0 radical (unpaired) electrons. The molecule has 2 amide bonds. The molecule has 5 nitrogen and oxygen atoms in total. The molecule has 1 heterocycles. The number of anilines is 4. The van der Waals surface area contributed by atoms with E-state index in [1.54, 1.807) is 6.07 Å². The molecule has 0 saturated carbocycles. The van der Waals surface area contributed by atoms with Crippen molar-refractivity contribution in [1.29, 1.82) is 0 Å². The van der Waals surface area contributed by atoms with Crippen molar-refractivity contribution in [1.82, 2.24) is 0 Å². The van der Waals surface area contributed by atoms with Crippen molar-refractivity contribution in [3.8, 4) is 5.75 Å². The minimum Gasteiger partial charge on any atom is -0.503 e. The van der Waals surface area contributed by atoms with Gasteiger partial charge in [-0.1, -0.05) is 65.0 Å². The Bertz CT molecular complexity index is 1230. The minimum atomic E-state index is -0.654. The number of halogens is 1. The summed E-state index contributed by atoms with van der Waals surface area (Å²) in [5.41, 5.74) is 4.37. The molecule has 3 aromatic carbocycles. The van der Waals surface area contributed by atoms with Crippen LogP contribution >= 0.6 is 0 Å². The number of benzene rings is 3. The van der Waals surface area contributed by atoms with Gasteiger partial charge in [0.25, 0.3) is 0 Å². The number of hydrogen-bond donors (Lipinski definition) is 3. The summed E-state index contributed by atoms with van der Waals surface area (Å²) >= 11 is 0. The van der Waals surface area contributed by atoms with E-state index in [-0.39, 0.29) is 22.6 Å². The van der Waals surface area contributed by atoms with E-state index in [1.165, 1.54) is 11.6 Å². The van der Waals surface area contributed by atoms with E-state index in [0.29, 0.717) is 29.3 Å². The van der Waals surface area contributed by atoms with Gasteiger partial charge in [-0.15, -0.1) is 0 Å². The molecule has 0 spiro atoms. The molecule has 0 bridgehead atoms. The molecule has 35 heavy (non-hydrogen) atoms. The van der Waals surface area contributed by atoms with Crippen LogP contribution in [-0.4, -0.2) is 17.7 Å². The molecule has 0 unspecified atom stereocenters. The lowest BCUT2D eigenvalue weighted by Crippen LogP contribution is -2.31. The standard InChI is InChI=1S/C29H34FN3O2/c1-6-29(7-2)18-33(25-21(29)16-17-22(30)26(25)34)24-11-9-8-10-23(24)32-27(35)31-20-14-12-19(13-15-20)28(3,4)5/h8-17,34H,6-7,18H2,1-5H3,(H2,31,32,35). The van der Waals surface area contributed by atoms with Gasteiger partial charge in [0.15, 0.2) is 11.6 Å². The second kappa shape index (κ2) is 9.25. The number of phenols is 1. The van der Waals surface area contributed by atoms with Crippen LogP contribution < -0.4 is 15.5 Å². The summed E-state index contributed by atoms with van der Waals surface area (Å²) in [5.74, 6) is -1.01. The Kier molecular flexibility index (Phi) is 6.50. The van der Waals surface area contributed by atoms with Crippen molar-refractivity contribution >= 4 is 28.8 Å². The maximum Gasteiger partial charge on any atom is 0.323 e. The first-order valence-corrected chi connectivity index (χ1v) is 12.2. The fraction of sp³-hybridized carbons (Fsp3) is 0.345. The Morgan fingerprint density at radius 1 is 1.00 bits per heavy atom. The number of amides is 2. The van der Waals surface area contributed by atoms with Gasteiger partial charge in [-0.25, -0.2) is 9.18 Å². The number of carbonyl (C=O) groups is 1. The molecule has 6 heteroatoms. The minimum absolute atomic E-state index is 0.0307. The van der Waals surface area contributed by atoms with Crippen molar-refractivity contribution in [2.75, 3.05) is 22.1 Å². The van der Waals surface area contributed by atoms with Gasteiger partial charge in [0.1, 0.15) is 0 Å². The summed E-state index contributed by atoms with van der Waals surface area (Å²) in [7, 11) is 0. The topological polar surface area (TPSA) is 64.6 Å². The molecular weight excluding hydrogens is 441 g/mol. The number of hydrogen-bond acceptors (Lipinski definition) is 3. The first-order chi connectivity index (χ1) is 16.6. The maximum atomic E-state index is 14.4. The Labute approximate surface area is 207 Å². The third-order valence-corrected chi connectivity index (χ3v) is 7.21. The van der Waals surface area contributed by atoms with Crippen LogP contribution in [-0.2, 0) is 10.8 Å². The van der Waals surface area contributed by atoms with Crippen LogP contribution in [0.5, 0.6) is 5.75 Å². The van der Waals surface area contributed by atoms with Gasteiger partial charge in [0, 0.05) is 17.6 Å². The number of fused-ring (bicyclic) bond motifs is 1. The number of para-hydroxylation sites is 2. The van der Waals surface area contributed by atoms with Crippen LogP contribution in [0, 0.1) is 5.82 Å². The van der Waals surface area contributed by atoms with E-state index >= 15 is 0 Å². The van der Waals surface area contributed by atoms with Gasteiger partial charge < -0.3 is 20.6 Å². The van der Waals surface area contributed by atoms with Crippen molar-refractivity contribution in [2.24, 2.45) is 0 Å². The molecule has 1 aliphatic rings. The van der Waals surface area contributed by atoms with Gasteiger partial charge in [-0.2, -0.15) is 0 Å². The molecule has 184 valence electrons. The van der Waals surface area contributed by atoms with Crippen LogP contribution in [0.1, 0.15) is 58.6 Å². The van der Waals surface area contributed by atoms with Crippen molar-refractivity contribution in [3.63, 3.8) is 0 Å². The highest BCUT2D eigenvalue weighted by Gasteiger charge is 2.43. The average Bonchev–Trinajstić information content (AvgIpc) is 3.17. The number of phenolic OH excluding ortho intramolecular Hbond substituents is 1. The average molecular weight is 476 g/mol. The Morgan fingerprint density at radius 2 is 1.66 bits per heavy atom. The van der Waals surface area contributed by atoms with Crippen LogP contribution in [0.15, 0.2) is 60.7 Å².